The summed E-state index contributed by atoms with van der Waals surface area (Å²) in [4.78, 5) is 46.8. The van der Waals surface area contributed by atoms with Gasteiger partial charge < -0.3 is 14.2 Å². The zero-order chi connectivity index (χ0) is 19.8. The van der Waals surface area contributed by atoms with Crippen molar-refractivity contribution in [3.8, 4) is 0 Å². The van der Waals surface area contributed by atoms with Crippen molar-refractivity contribution >= 4 is 23.9 Å². The van der Waals surface area contributed by atoms with Gasteiger partial charge in [0.2, 0.25) is 0 Å². The van der Waals surface area contributed by atoms with Crippen LogP contribution < -0.4 is 0 Å². The summed E-state index contributed by atoms with van der Waals surface area (Å²) >= 11 is 0. The lowest BCUT2D eigenvalue weighted by molar-refractivity contribution is -0.143. The molecule has 0 atom stereocenters. The largest absolute Gasteiger partial charge is 0.461 e. The van der Waals surface area contributed by atoms with Crippen molar-refractivity contribution < 1.29 is 33.4 Å². The molecule has 0 N–H and O–H groups in total. The third-order valence-corrected chi connectivity index (χ3v) is 3.52. The predicted molar refractivity (Wildman–Crippen MR) is 93.6 cm³/mol. The molecule has 7 heteroatoms. The first-order valence-electron chi connectivity index (χ1n) is 8.07. The van der Waals surface area contributed by atoms with Gasteiger partial charge in [0.1, 0.15) is 13.2 Å². The average Bonchev–Trinajstić information content (AvgIpc) is 2.65. The molecule has 2 rings (SSSR count). The van der Waals surface area contributed by atoms with Crippen molar-refractivity contribution in [1.82, 2.24) is 0 Å². The van der Waals surface area contributed by atoms with Gasteiger partial charge in [-0.1, -0.05) is 36.4 Å². The van der Waals surface area contributed by atoms with Gasteiger partial charge in [-0.15, -0.1) is 0 Å². The summed E-state index contributed by atoms with van der Waals surface area (Å²) in [6.45, 7) is 2.28. The van der Waals surface area contributed by atoms with Gasteiger partial charge in [0.05, 0.1) is 11.1 Å². The lowest BCUT2D eigenvalue weighted by Gasteiger charge is -2.11. The van der Waals surface area contributed by atoms with E-state index in [9.17, 15) is 19.2 Å². The van der Waals surface area contributed by atoms with Gasteiger partial charge >= 0.3 is 23.9 Å². The fourth-order valence-corrected chi connectivity index (χ4v) is 2.24. The minimum Gasteiger partial charge on any atom is -0.461 e. The smallest absolute Gasteiger partial charge is 0.346 e. The van der Waals surface area contributed by atoms with Gasteiger partial charge in [0, 0.05) is 25.0 Å². The molecule has 0 aliphatic carbocycles. The first kappa shape index (κ1) is 19.8. The highest BCUT2D eigenvalue weighted by Crippen LogP contribution is 2.16. The Kier molecular flexibility index (Phi) is 6.82. The van der Waals surface area contributed by atoms with E-state index in [4.69, 9.17) is 14.2 Å². The molecule has 0 aromatic heterocycles. The van der Waals surface area contributed by atoms with Crippen LogP contribution in [0.25, 0.3) is 0 Å². The third-order valence-electron chi connectivity index (χ3n) is 3.52. The molecule has 27 heavy (non-hydrogen) atoms. The van der Waals surface area contributed by atoms with Crippen molar-refractivity contribution in [3.05, 3.63) is 70.8 Å². The van der Waals surface area contributed by atoms with Crippen LogP contribution in [0.3, 0.4) is 0 Å². The Hall–Kier alpha value is -3.48. The average molecular weight is 370 g/mol. The quantitative estimate of drug-likeness (QED) is 0.438. The summed E-state index contributed by atoms with van der Waals surface area (Å²) in [6, 6.07) is 12.7. The highest BCUT2D eigenvalue weighted by Gasteiger charge is 2.20. The van der Waals surface area contributed by atoms with E-state index in [-0.39, 0.29) is 24.3 Å². The number of carbonyl (C=O) groups is 4. The molecule has 0 aliphatic heterocycles. The molecular weight excluding hydrogens is 352 g/mol. The van der Waals surface area contributed by atoms with Gasteiger partial charge in [-0.2, -0.15) is 0 Å². The molecule has 0 amide bonds. The van der Waals surface area contributed by atoms with Gasteiger partial charge in [-0.25, -0.2) is 9.59 Å². The molecule has 140 valence electrons. The molecule has 0 spiro atoms. The molecule has 0 unspecified atom stereocenters. The van der Waals surface area contributed by atoms with Gasteiger partial charge in [0.15, 0.2) is 0 Å². The van der Waals surface area contributed by atoms with Crippen LogP contribution in [0.15, 0.2) is 48.5 Å². The van der Waals surface area contributed by atoms with Gasteiger partial charge in [-0.05, 0) is 12.1 Å². The summed E-state index contributed by atoms with van der Waals surface area (Å²) in [7, 11) is 0. The fourth-order valence-electron chi connectivity index (χ4n) is 2.24. The van der Waals surface area contributed by atoms with E-state index in [2.05, 4.69) is 0 Å². The summed E-state index contributed by atoms with van der Waals surface area (Å²) in [5.74, 6) is -2.72. The van der Waals surface area contributed by atoms with Crippen LogP contribution in [0.4, 0.5) is 0 Å². The fraction of sp³-hybridized carbons (Fsp3) is 0.200. The second-order valence-corrected chi connectivity index (χ2v) is 5.55. The van der Waals surface area contributed by atoms with E-state index >= 15 is 0 Å². The van der Waals surface area contributed by atoms with E-state index in [1.165, 1.54) is 26.0 Å². The number of carbonyl (C=O) groups excluding carboxylic acids is 4. The number of hydrogen-bond donors (Lipinski definition) is 0. The molecule has 2 aromatic rings. The maximum Gasteiger partial charge on any atom is 0.346 e. The van der Waals surface area contributed by atoms with Crippen molar-refractivity contribution in [2.24, 2.45) is 0 Å². The third kappa shape index (κ3) is 5.78. The molecule has 0 radical (unpaired) electrons. The van der Waals surface area contributed by atoms with Crippen molar-refractivity contribution in [3.63, 3.8) is 0 Å². The second kappa shape index (κ2) is 9.28. The molecule has 0 bridgehead atoms. The summed E-state index contributed by atoms with van der Waals surface area (Å²) < 4.78 is 14.8. The van der Waals surface area contributed by atoms with Crippen LogP contribution in [0, 0.1) is 0 Å². The van der Waals surface area contributed by atoms with Crippen LogP contribution in [0.1, 0.15) is 45.7 Å². The lowest BCUT2D eigenvalue weighted by Crippen LogP contribution is -2.17. The van der Waals surface area contributed by atoms with Crippen LogP contribution in [-0.2, 0) is 37.0 Å². The maximum absolute atomic E-state index is 12.4. The lowest BCUT2D eigenvalue weighted by atomic mass is 10.1. The van der Waals surface area contributed by atoms with Crippen molar-refractivity contribution in [1.29, 1.82) is 0 Å². The number of rotatable bonds is 6. The number of hydrogen-bond acceptors (Lipinski definition) is 7. The van der Waals surface area contributed by atoms with Crippen molar-refractivity contribution in [2.75, 3.05) is 0 Å². The zero-order valence-electron chi connectivity index (χ0n) is 14.9. The second-order valence-electron chi connectivity index (χ2n) is 5.55. The van der Waals surface area contributed by atoms with E-state index in [0.29, 0.717) is 11.1 Å². The Labute approximate surface area is 155 Å². The zero-order valence-corrected chi connectivity index (χ0v) is 14.9. The molecule has 0 fully saturated rings. The van der Waals surface area contributed by atoms with E-state index < -0.39 is 23.9 Å². The van der Waals surface area contributed by atoms with Crippen LogP contribution >= 0.6 is 0 Å². The highest BCUT2D eigenvalue weighted by atomic mass is 16.6. The minimum atomic E-state index is -0.870. The monoisotopic (exact) mass is 370 g/mol. The Balaban J connectivity index is 2.16. The predicted octanol–water partition coefficient (Wildman–Crippen LogP) is 2.81. The first-order valence-corrected chi connectivity index (χ1v) is 8.07. The van der Waals surface area contributed by atoms with Crippen LogP contribution in [0.2, 0.25) is 0 Å². The van der Waals surface area contributed by atoms with Crippen LogP contribution in [0.5, 0.6) is 0 Å². The molecule has 0 saturated carbocycles. The van der Waals surface area contributed by atoms with E-state index in [0.717, 1.165) is 0 Å². The number of esters is 4. The summed E-state index contributed by atoms with van der Waals surface area (Å²) in [5.41, 5.74) is 1.06. The molecule has 2 aromatic carbocycles. The van der Waals surface area contributed by atoms with Gasteiger partial charge in [-0.3, -0.25) is 9.59 Å². The highest BCUT2D eigenvalue weighted by molar-refractivity contribution is 6.03. The maximum atomic E-state index is 12.4. The molecule has 0 saturated heterocycles. The standard InChI is InChI=1S/C20H18O7/c1-13(21)25-11-15-7-3-5-9-17(15)19(23)27-20(24)18-10-6-4-8-16(18)12-26-14(2)22/h3-10H,11-12H2,1-2H3. The van der Waals surface area contributed by atoms with E-state index in [1.54, 1.807) is 36.4 Å². The number of ether oxygens (including phenoxy) is 3. The normalized spacial score (nSPS) is 10.0. The Morgan fingerprint density at radius 2 is 1.04 bits per heavy atom. The number of benzene rings is 2. The Bertz CT molecular complexity index is 799. The first-order chi connectivity index (χ1) is 12.9. The van der Waals surface area contributed by atoms with Gasteiger partial charge in [0.25, 0.3) is 0 Å². The molecule has 0 aliphatic rings. The molecule has 0 heterocycles. The molecular formula is C20H18O7. The Morgan fingerprint density at radius 1 is 0.667 bits per heavy atom. The molecule has 7 nitrogen and oxygen atoms in total. The topological polar surface area (TPSA) is 96.0 Å². The van der Waals surface area contributed by atoms with Crippen LogP contribution in [-0.4, -0.2) is 23.9 Å². The summed E-state index contributed by atoms with van der Waals surface area (Å²) in [6.07, 6.45) is 0. The van der Waals surface area contributed by atoms with Crippen molar-refractivity contribution in [2.45, 2.75) is 27.1 Å². The Morgan fingerprint density at radius 3 is 1.41 bits per heavy atom. The summed E-state index contributed by atoms with van der Waals surface area (Å²) in [5, 5.41) is 0. The minimum absolute atomic E-state index is 0.113. The van der Waals surface area contributed by atoms with E-state index in [1.807, 2.05) is 0 Å². The SMILES string of the molecule is CC(=O)OCc1ccccc1C(=O)OC(=O)c1ccccc1COC(C)=O.